The van der Waals surface area contributed by atoms with Crippen molar-refractivity contribution in [1.29, 1.82) is 0 Å². The van der Waals surface area contributed by atoms with E-state index >= 15 is 0 Å². The maximum atomic E-state index is 9.16. The zero-order valence-corrected chi connectivity index (χ0v) is 12.0. The second-order valence-corrected chi connectivity index (χ2v) is 5.97. The molecule has 0 heterocycles. The van der Waals surface area contributed by atoms with Crippen molar-refractivity contribution in [3.8, 4) is 0 Å². The summed E-state index contributed by atoms with van der Waals surface area (Å²) in [6.45, 7) is 4.47. The van der Waals surface area contributed by atoms with Gasteiger partial charge in [-0.25, -0.2) is 0 Å². The van der Waals surface area contributed by atoms with Gasteiger partial charge in [-0.05, 0) is 48.9 Å². The molecule has 0 amide bonds. The molecule has 3 unspecified atom stereocenters. The van der Waals surface area contributed by atoms with Crippen LogP contribution in [0.2, 0.25) is 0 Å². The standard InChI is InChI=1S/C14H20BrNO/c1-9(8-17)10(2)16-14-6-3-11-7-12(15)4-5-13(11)14/h4-5,7,9-10,14,16-17H,3,6,8H2,1-2H3. The van der Waals surface area contributed by atoms with Crippen molar-refractivity contribution < 1.29 is 5.11 Å². The lowest BCUT2D eigenvalue weighted by Crippen LogP contribution is -2.36. The normalized spacial score (nSPS) is 22.2. The Kier molecular flexibility index (Phi) is 4.23. The molecule has 2 N–H and O–H groups in total. The number of hydrogen-bond acceptors (Lipinski definition) is 2. The van der Waals surface area contributed by atoms with Crippen LogP contribution in [-0.4, -0.2) is 17.8 Å². The number of rotatable bonds is 4. The minimum Gasteiger partial charge on any atom is -0.396 e. The van der Waals surface area contributed by atoms with Crippen molar-refractivity contribution in [1.82, 2.24) is 5.32 Å². The number of aliphatic hydroxyl groups is 1. The molecule has 0 bridgehead atoms. The van der Waals surface area contributed by atoms with E-state index in [-0.39, 0.29) is 6.61 Å². The van der Waals surface area contributed by atoms with Crippen molar-refractivity contribution in [2.75, 3.05) is 6.61 Å². The van der Waals surface area contributed by atoms with Gasteiger partial charge < -0.3 is 10.4 Å². The Morgan fingerprint density at radius 3 is 2.94 bits per heavy atom. The fourth-order valence-corrected chi connectivity index (χ4v) is 2.81. The Labute approximate surface area is 112 Å². The van der Waals surface area contributed by atoms with Crippen LogP contribution in [0.1, 0.15) is 37.4 Å². The third kappa shape index (κ3) is 2.90. The molecule has 1 aliphatic rings. The fourth-order valence-electron chi connectivity index (χ4n) is 2.40. The predicted octanol–water partition coefficient (Wildman–Crippen LogP) is 3.04. The molecule has 1 aliphatic carbocycles. The maximum Gasteiger partial charge on any atom is 0.0471 e. The van der Waals surface area contributed by atoms with Gasteiger partial charge in [-0.2, -0.15) is 0 Å². The summed E-state index contributed by atoms with van der Waals surface area (Å²) in [5.74, 6) is 0.300. The molecule has 0 fully saturated rings. The van der Waals surface area contributed by atoms with E-state index in [1.54, 1.807) is 0 Å². The molecule has 2 rings (SSSR count). The van der Waals surface area contributed by atoms with Crippen molar-refractivity contribution >= 4 is 15.9 Å². The first-order chi connectivity index (χ1) is 8.11. The smallest absolute Gasteiger partial charge is 0.0471 e. The molecule has 1 aromatic rings. The van der Waals surface area contributed by atoms with E-state index in [0.29, 0.717) is 18.0 Å². The van der Waals surface area contributed by atoms with Crippen LogP contribution in [0.15, 0.2) is 22.7 Å². The van der Waals surface area contributed by atoms with Gasteiger partial charge in [0.25, 0.3) is 0 Å². The van der Waals surface area contributed by atoms with E-state index in [0.717, 1.165) is 17.3 Å². The molecule has 0 spiro atoms. The van der Waals surface area contributed by atoms with Crippen molar-refractivity contribution in [2.24, 2.45) is 5.92 Å². The molecule has 0 saturated carbocycles. The van der Waals surface area contributed by atoms with Gasteiger partial charge in [0.05, 0.1) is 0 Å². The van der Waals surface area contributed by atoms with Crippen LogP contribution < -0.4 is 5.32 Å². The maximum absolute atomic E-state index is 9.16. The van der Waals surface area contributed by atoms with E-state index in [2.05, 4.69) is 53.3 Å². The van der Waals surface area contributed by atoms with Crippen LogP contribution >= 0.6 is 15.9 Å². The number of fused-ring (bicyclic) bond motifs is 1. The van der Waals surface area contributed by atoms with E-state index < -0.39 is 0 Å². The number of halogens is 1. The number of benzene rings is 1. The SMILES string of the molecule is CC(CO)C(C)NC1CCc2cc(Br)ccc21. The highest BCUT2D eigenvalue weighted by Gasteiger charge is 2.24. The van der Waals surface area contributed by atoms with Crippen LogP contribution in [0, 0.1) is 5.92 Å². The summed E-state index contributed by atoms with van der Waals surface area (Å²) in [6, 6.07) is 7.33. The summed E-state index contributed by atoms with van der Waals surface area (Å²) in [7, 11) is 0. The van der Waals surface area contributed by atoms with Gasteiger partial charge in [0.15, 0.2) is 0 Å². The average Bonchev–Trinajstić information content (AvgIpc) is 2.70. The summed E-state index contributed by atoms with van der Waals surface area (Å²) in [5.41, 5.74) is 2.87. The first-order valence-electron chi connectivity index (χ1n) is 6.27. The minimum atomic E-state index is 0.244. The zero-order valence-electron chi connectivity index (χ0n) is 10.4. The molecule has 0 saturated heterocycles. The highest BCUT2D eigenvalue weighted by atomic mass is 79.9. The molecule has 1 aromatic carbocycles. The summed E-state index contributed by atoms with van der Waals surface area (Å²) in [5, 5.41) is 12.8. The average molecular weight is 298 g/mol. The summed E-state index contributed by atoms with van der Waals surface area (Å²) in [6.07, 6.45) is 2.31. The van der Waals surface area contributed by atoms with Crippen molar-refractivity contribution in [3.63, 3.8) is 0 Å². The summed E-state index contributed by atoms with van der Waals surface area (Å²) < 4.78 is 1.16. The van der Waals surface area contributed by atoms with Gasteiger partial charge in [-0.15, -0.1) is 0 Å². The number of nitrogens with one attached hydrogen (secondary N) is 1. The lowest BCUT2D eigenvalue weighted by molar-refractivity contribution is 0.200. The molecule has 17 heavy (non-hydrogen) atoms. The summed E-state index contributed by atoms with van der Waals surface area (Å²) >= 11 is 3.52. The fraction of sp³-hybridized carbons (Fsp3) is 0.571. The second kappa shape index (κ2) is 5.51. The van der Waals surface area contributed by atoms with E-state index in [1.807, 2.05) is 0 Å². The highest BCUT2D eigenvalue weighted by molar-refractivity contribution is 9.10. The zero-order chi connectivity index (χ0) is 12.4. The second-order valence-electron chi connectivity index (χ2n) is 5.05. The van der Waals surface area contributed by atoms with Gasteiger partial charge >= 0.3 is 0 Å². The first-order valence-corrected chi connectivity index (χ1v) is 7.06. The van der Waals surface area contributed by atoms with Gasteiger partial charge in [-0.1, -0.05) is 28.9 Å². The molecule has 3 heteroatoms. The van der Waals surface area contributed by atoms with Gasteiger partial charge in [-0.3, -0.25) is 0 Å². The molecular weight excluding hydrogens is 278 g/mol. The van der Waals surface area contributed by atoms with Crippen LogP contribution in [0.25, 0.3) is 0 Å². The Balaban J connectivity index is 2.07. The molecule has 3 atom stereocenters. The van der Waals surface area contributed by atoms with Crippen LogP contribution in [0.5, 0.6) is 0 Å². The Bertz CT molecular complexity index is 394. The first kappa shape index (κ1) is 13.1. The van der Waals surface area contributed by atoms with Crippen LogP contribution in [0.3, 0.4) is 0 Å². The Morgan fingerprint density at radius 2 is 2.24 bits per heavy atom. The lowest BCUT2D eigenvalue weighted by atomic mass is 10.0. The molecule has 94 valence electrons. The quantitative estimate of drug-likeness (QED) is 0.895. The van der Waals surface area contributed by atoms with E-state index in [4.69, 9.17) is 5.11 Å². The van der Waals surface area contributed by atoms with Gasteiger partial charge in [0.1, 0.15) is 0 Å². The number of hydrogen-bond donors (Lipinski definition) is 2. The highest BCUT2D eigenvalue weighted by Crippen LogP contribution is 2.33. The number of aliphatic hydroxyl groups excluding tert-OH is 1. The van der Waals surface area contributed by atoms with Crippen molar-refractivity contribution in [2.45, 2.75) is 38.8 Å². The minimum absolute atomic E-state index is 0.244. The largest absolute Gasteiger partial charge is 0.396 e. The van der Waals surface area contributed by atoms with Crippen molar-refractivity contribution in [3.05, 3.63) is 33.8 Å². The Morgan fingerprint density at radius 1 is 1.47 bits per heavy atom. The van der Waals surface area contributed by atoms with Gasteiger partial charge in [0.2, 0.25) is 0 Å². The third-order valence-electron chi connectivity index (χ3n) is 3.79. The monoisotopic (exact) mass is 297 g/mol. The summed E-state index contributed by atoms with van der Waals surface area (Å²) in [4.78, 5) is 0. The molecule has 0 radical (unpaired) electrons. The van der Waals surface area contributed by atoms with Crippen LogP contribution in [0.4, 0.5) is 0 Å². The van der Waals surface area contributed by atoms with E-state index in [1.165, 1.54) is 11.1 Å². The number of aryl methyl sites for hydroxylation is 1. The van der Waals surface area contributed by atoms with Gasteiger partial charge in [0, 0.05) is 23.2 Å². The third-order valence-corrected chi connectivity index (χ3v) is 4.28. The predicted molar refractivity (Wildman–Crippen MR) is 74.1 cm³/mol. The Hall–Kier alpha value is -0.380. The molecule has 2 nitrogen and oxygen atoms in total. The molecule has 0 aromatic heterocycles. The molecular formula is C14H20BrNO. The van der Waals surface area contributed by atoms with Crippen LogP contribution in [-0.2, 0) is 6.42 Å². The molecule has 0 aliphatic heterocycles. The lowest BCUT2D eigenvalue weighted by Gasteiger charge is -2.24. The topological polar surface area (TPSA) is 32.3 Å². The van der Waals surface area contributed by atoms with E-state index in [9.17, 15) is 0 Å².